The number of aryl methyl sites for hydroxylation is 1. The van der Waals surface area contributed by atoms with Gasteiger partial charge in [0.25, 0.3) is 5.91 Å². The number of hydrazone groups is 1. The van der Waals surface area contributed by atoms with E-state index >= 15 is 0 Å². The van der Waals surface area contributed by atoms with Gasteiger partial charge in [-0.15, -0.1) is 10.2 Å². The first-order chi connectivity index (χ1) is 17.6. The van der Waals surface area contributed by atoms with Crippen LogP contribution < -0.4 is 5.43 Å². The highest BCUT2D eigenvalue weighted by Gasteiger charge is 2.17. The molecule has 8 heteroatoms. The van der Waals surface area contributed by atoms with Crippen molar-refractivity contribution in [1.82, 2.24) is 20.2 Å². The molecule has 36 heavy (non-hydrogen) atoms. The van der Waals surface area contributed by atoms with E-state index in [0.29, 0.717) is 16.5 Å². The molecular formula is C28H23N5O2S. The van der Waals surface area contributed by atoms with Crippen molar-refractivity contribution in [3.63, 3.8) is 0 Å². The highest BCUT2D eigenvalue weighted by atomic mass is 32.2. The Kier molecular flexibility index (Phi) is 6.77. The highest BCUT2D eigenvalue weighted by molar-refractivity contribution is 7.99. The van der Waals surface area contributed by atoms with Crippen LogP contribution in [0.25, 0.3) is 27.8 Å². The van der Waals surface area contributed by atoms with Crippen LogP contribution in [0.5, 0.6) is 5.75 Å². The zero-order valence-electron chi connectivity index (χ0n) is 19.5. The second-order valence-corrected chi connectivity index (χ2v) is 9.09. The summed E-state index contributed by atoms with van der Waals surface area (Å²) >= 11 is 1.28. The van der Waals surface area contributed by atoms with Gasteiger partial charge in [-0.2, -0.15) is 5.10 Å². The second kappa shape index (κ2) is 10.5. The number of phenols is 1. The molecule has 0 saturated heterocycles. The number of nitrogens with zero attached hydrogens (tertiary/aromatic N) is 4. The largest absolute Gasteiger partial charge is 0.507 e. The lowest BCUT2D eigenvalue weighted by molar-refractivity contribution is -0.118. The number of amides is 1. The number of benzene rings is 4. The molecule has 0 spiro atoms. The number of hydrogen-bond donors (Lipinski definition) is 2. The first-order valence-electron chi connectivity index (χ1n) is 11.3. The molecule has 4 aromatic carbocycles. The Morgan fingerprint density at radius 1 is 0.972 bits per heavy atom. The third-order valence-corrected chi connectivity index (χ3v) is 6.55. The lowest BCUT2D eigenvalue weighted by Gasteiger charge is -2.10. The number of fused-ring (bicyclic) bond motifs is 1. The molecule has 0 radical (unpaired) electrons. The smallest absolute Gasteiger partial charge is 0.250 e. The van der Waals surface area contributed by atoms with Gasteiger partial charge in [-0.25, -0.2) is 5.43 Å². The molecule has 1 amide bonds. The molecule has 0 saturated carbocycles. The summed E-state index contributed by atoms with van der Waals surface area (Å²) in [4.78, 5) is 12.6. The van der Waals surface area contributed by atoms with E-state index in [4.69, 9.17) is 0 Å². The molecule has 0 aliphatic carbocycles. The van der Waals surface area contributed by atoms with Gasteiger partial charge in [0.05, 0.1) is 12.0 Å². The van der Waals surface area contributed by atoms with Gasteiger partial charge in [0.2, 0.25) is 0 Å². The zero-order valence-corrected chi connectivity index (χ0v) is 20.3. The molecule has 1 heterocycles. The Morgan fingerprint density at radius 2 is 1.72 bits per heavy atom. The quantitative estimate of drug-likeness (QED) is 0.181. The van der Waals surface area contributed by atoms with Gasteiger partial charge >= 0.3 is 0 Å². The normalized spacial score (nSPS) is 11.2. The van der Waals surface area contributed by atoms with E-state index in [2.05, 4.69) is 20.7 Å². The second-order valence-electron chi connectivity index (χ2n) is 8.14. The van der Waals surface area contributed by atoms with Crippen molar-refractivity contribution in [1.29, 1.82) is 0 Å². The number of carbonyl (C=O) groups is 1. The minimum Gasteiger partial charge on any atom is -0.507 e. The molecule has 178 valence electrons. The molecule has 0 atom stereocenters. The summed E-state index contributed by atoms with van der Waals surface area (Å²) in [5.74, 6) is 0.598. The zero-order chi connectivity index (χ0) is 24.9. The highest BCUT2D eigenvalue weighted by Crippen LogP contribution is 2.28. The fourth-order valence-electron chi connectivity index (χ4n) is 3.82. The predicted octanol–water partition coefficient (Wildman–Crippen LogP) is 5.34. The standard InChI is InChI=1S/C28H23N5O2S/c1-19-11-14-22(15-12-19)33-27(21-8-3-2-4-9-21)31-32-28(33)36-18-26(35)30-29-17-24-23-10-6-5-7-20(23)13-16-25(24)34/h2-17,34H,18H2,1H3,(H,30,35)/b29-17-. The van der Waals surface area contributed by atoms with Crippen molar-refractivity contribution in [3.8, 4) is 22.8 Å². The van der Waals surface area contributed by atoms with Crippen molar-refractivity contribution in [2.24, 2.45) is 5.10 Å². The lowest BCUT2D eigenvalue weighted by atomic mass is 10.0. The molecule has 1 aromatic heterocycles. The number of phenolic OH excluding ortho intramolecular Hbond substituents is 1. The van der Waals surface area contributed by atoms with Crippen LogP contribution in [0.3, 0.4) is 0 Å². The van der Waals surface area contributed by atoms with E-state index in [9.17, 15) is 9.90 Å². The summed E-state index contributed by atoms with van der Waals surface area (Å²) in [6.07, 6.45) is 1.46. The molecule has 2 N–H and O–H groups in total. The van der Waals surface area contributed by atoms with E-state index in [1.165, 1.54) is 18.0 Å². The van der Waals surface area contributed by atoms with Crippen LogP contribution in [0.4, 0.5) is 0 Å². The van der Waals surface area contributed by atoms with E-state index in [-0.39, 0.29) is 17.4 Å². The van der Waals surface area contributed by atoms with Crippen LogP contribution in [-0.4, -0.2) is 37.7 Å². The Bertz CT molecular complexity index is 1550. The molecular weight excluding hydrogens is 470 g/mol. The van der Waals surface area contributed by atoms with Gasteiger partial charge in [-0.1, -0.05) is 90.1 Å². The van der Waals surface area contributed by atoms with Crippen LogP contribution in [-0.2, 0) is 4.79 Å². The predicted molar refractivity (Wildman–Crippen MR) is 144 cm³/mol. The average molecular weight is 494 g/mol. The van der Waals surface area contributed by atoms with Crippen molar-refractivity contribution in [2.45, 2.75) is 12.1 Å². The van der Waals surface area contributed by atoms with Crippen LogP contribution in [0.1, 0.15) is 11.1 Å². The minimum absolute atomic E-state index is 0.0949. The van der Waals surface area contributed by atoms with E-state index < -0.39 is 0 Å². The fourth-order valence-corrected chi connectivity index (χ4v) is 4.56. The van der Waals surface area contributed by atoms with Crippen LogP contribution in [0.15, 0.2) is 101 Å². The minimum atomic E-state index is -0.296. The van der Waals surface area contributed by atoms with Gasteiger partial charge < -0.3 is 5.11 Å². The maximum atomic E-state index is 12.6. The Hall–Kier alpha value is -4.43. The van der Waals surface area contributed by atoms with E-state index in [1.807, 2.05) is 96.4 Å². The number of aromatic nitrogens is 3. The third kappa shape index (κ3) is 4.99. The topological polar surface area (TPSA) is 92.4 Å². The maximum absolute atomic E-state index is 12.6. The number of nitrogens with one attached hydrogen (secondary N) is 1. The first-order valence-corrected chi connectivity index (χ1v) is 12.3. The van der Waals surface area contributed by atoms with Gasteiger partial charge in [-0.05, 0) is 35.9 Å². The number of hydrogen-bond acceptors (Lipinski definition) is 6. The number of carbonyl (C=O) groups excluding carboxylic acids is 1. The number of thioether (sulfide) groups is 1. The fraction of sp³-hybridized carbons (Fsp3) is 0.0714. The molecule has 0 unspecified atom stereocenters. The Balaban J connectivity index is 1.33. The van der Waals surface area contributed by atoms with Crippen LogP contribution >= 0.6 is 11.8 Å². The summed E-state index contributed by atoms with van der Waals surface area (Å²) < 4.78 is 1.95. The molecule has 7 nitrogen and oxygen atoms in total. The van der Waals surface area contributed by atoms with Gasteiger partial charge in [0, 0.05) is 16.8 Å². The monoisotopic (exact) mass is 493 g/mol. The van der Waals surface area contributed by atoms with E-state index in [0.717, 1.165) is 27.6 Å². The van der Waals surface area contributed by atoms with Crippen molar-refractivity contribution >= 4 is 34.7 Å². The van der Waals surface area contributed by atoms with Gasteiger partial charge in [0.1, 0.15) is 5.75 Å². The maximum Gasteiger partial charge on any atom is 0.250 e. The van der Waals surface area contributed by atoms with Gasteiger partial charge in [0.15, 0.2) is 11.0 Å². The first kappa shape index (κ1) is 23.3. The molecule has 5 rings (SSSR count). The number of aromatic hydroxyl groups is 1. The summed E-state index contributed by atoms with van der Waals surface area (Å²) in [7, 11) is 0. The summed E-state index contributed by atoms with van der Waals surface area (Å²) in [5, 5.41) is 25.5. The van der Waals surface area contributed by atoms with Crippen molar-refractivity contribution in [2.75, 3.05) is 5.75 Å². The van der Waals surface area contributed by atoms with Crippen LogP contribution in [0.2, 0.25) is 0 Å². The third-order valence-electron chi connectivity index (χ3n) is 5.62. The number of rotatable bonds is 7. The lowest BCUT2D eigenvalue weighted by Crippen LogP contribution is -2.20. The molecule has 5 aromatic rings. The van der Waals surface area contributed by atoms with Crippen molar-refractivity contribution in [3.05, 3.63) is 102 Å². The summed E-state index contributed by atoms with van der Waals surface area (Å²) in [5.41, 5.74) is 6.08. The molecule has 0 bridgehead atoms. The molecule has 0 aliphatic rings. The van der Waals surface area contributed by atoms with Gasteiger partial charge in [-0.3, -0.25) is 9.36 Å². The molecule has 0 fully saturated rings. The molecule has 0 aliphatic heterocycles. The van der Waals surface area contributed by atoms with Crippen molar-refractivity contribution < 1.29 is 9.90 Å². The Labute approximate surface area is 212 Å². The van der Waals surface area contributed by atoms with Crippen LogP contribution in [0, 0.1) is 6.92 Å². The average Bonchev–Trinajstić information content (AvgIpc) is 3.33. The Morgan fingerprint density at radius 3 is 2.53 bits per heavy atom. The summed E-state index contributed by atoms with van der Waals surface area (Å²) in [6, 6.07) is 29.0. The van der Waals surface area contributed by atoms with E-state index in [1.54, 1.807) is 6.07 Å². The SMILES string of the molecule is Cc1ccc(-n2c(SCC(=O)N/N=C\c3c(O)ccc4ccccc34)nnc2-c2ccccc2)cc1. The summed E-state index contributed by atoms with van der Waals surface area (Å²) in [6.45, 7) is 2.03.